The summed E-state index contributed by atoms with van der Waals surface area (Å²) in [6.07, 6.45) is 0.962. The molecule has 1 heterocycles. The van der Waals surface area contributed by atoms with Gasteiger partial charge in [0.2, 0.25) is 0 Å². The van der Waals surface area contributed by atoms with Crippen LogP contribution in [0.5, 0.6) is 5.75 Å². The Hall–Kier alpha value is -1.78. The summed E-state index contributed by atoms with van der Waals surface area (Å²) < 4.78 is 5.40. The second-order valence-electron chi connectivity index (χ2n) is 6.35. The number of rotatable bonds is 3. The van der Waals surface area contributed by atoms with Gasteiger partial charge in [0.1, 0.15) is 5.75 Å². The number of methoxy groups -OCH3 is 1. The molecule has 2 aromatic rings. The number of nitrogens with two attached hydrogens (primary N) is 1. The topological polar surface area (TPSA) is 55.6 Å². The molecule has 4 nitrogen and oxygen atoms in total. The van der Waals surface area contributed by atoms with Crippen molar-refractivity contribution >= 4 is 29.1 Å². The molecule has 0 aromatic heterocycles. The van der Waals surface area contributed by atoms with Gasteiger partial charge in [0.25, 0.3) is 5.91 Å². The largest absolute Gasteiger partial charge is 0.496 e. The highest BCUT2D eigenvalue weighted by Crippen LogP contribution is 2.33. The van der Waals surface area contributed by atoms with E-state index in [2.05, 4.69) is 6.92 Å². The van der Waals surface area contributed by atoms with Crippen molar-refractivity contribution in [2.75, 3.05) is 26.7 Å². The monoisotopic (exact) mass is 334 g/mol. The number of ether oxygens (including phenoxy) is 1. The van der Waals surface area contributed by atoms with E-state index in [9.17, 15) is 4.79 Å². The molecule has 2 N–H and O–H groups in total. The molecule has 1 unspecified atom stereocenters. The van der Waals surface area contributed by atoms with E-state index in [-0.39, 0.29) is 23.7 Å². The molecule has 1 amide bonds. The van der Waals surface area contributed by atoms with Gasteiger partial charge >= 0.3 is 0 Å². The summed E-state index contributed by atoms with van der Waals surface area (Å²) in [6, 6.07) is 11.6. The molecule has 1 fully saturated rings. The molecule has 1 saturated heterocycles. The average Bonchev–Trinajstić information content (AvgIpc) is 2.96. The highest BCUT2D eigenvalue weighted by atomic mass is 35.5. The minimum atomic E-state index is 0. The Labute approximate surface area is 143 Å². The molecular formula is C18H23ClN2O2. The van der Waals surface area contributed by atoms with Crippen molar-refractivity contribution in [3.63, 3.8) is 0 Å². The fraction of sp³-hybridized carbons (Fsp3) is 0.389. The van der Waals surface area contributed by atoms with Gasteiger partial charge in [-0.25, -0.2) is 0 Å². The molecule has 1 atom stereocenters. The Kier molecular flexibility index (Phi) is 5.17. The minimum Gasteiger partial charge on any atom is -0.496 e. The average molecular weight is 335 g/mol. The Morgan fingerprint density at radius 2 is 1.96 bits per heavy atom. The molecule has 2 aromatic carbocycles. The molecule has 1 aliphatic rings. The van der Waals surface area contributed by atoms with Crippen LogP contribution >= 0.6 is 12.4 Å². The second kappa shape index (κ2) is 6.77. The number of hydrogen-bond acceptors (Lipinski definition) is 3. The Morgan fingerprint density at radius 1 is 1.26 bits per heavy atom. The number of carbonyl (C=O) groups excluding carboxylic acids is 1. The van der Waals surface area contributed by atoms with E-state index < -0.39 is 0 Å². The van der Waals surface area contributed by atoms with E-state index in [1.165, 1.54) is 0 Å². The van der Waals surface area contributed by atoms with Crippen molar-refractivity contribution in [3.8, 4) is 5.75 Å². The highest BCUT2D eigenvalue weighted by molar-refractivity contribution is 6.08. The van der Waals surface area contributed by atoms with Gasteiger partial charge in [-0.2, -0.15) is 0 Å². The van der Waals surface area contributed by atoms with Crippen molar-refractivity contribution < 1.29 is 9.53 Å². The molecule has 0 saturated carbocycles. The van der Waals surface area contributed by atoms with Crippen molar-refractivity contribution in [1.82, 2.24) is 4.90 Å². The Balaban J connectivity index is 0.00000192. The first-order chi connectivity index (χ1) is 10.6. The quantitative estimate of drug-likeness (QED) is 0.938. The second-order valence-corrected chi connectivity index (χ2v) is 6.35. The lowest BCUT2D eigenvalue weighted by molar-refractivity contribution is 0.0779. The third-order valence-electron chi connectivity index (χ3n) is 4.67. The predicted octanol–water partition coefficient (Wildman–Crippen LogP) is 3.08. The van der Waals surface area contributed by atoms with Crippen LogP contribution in [0.25, 0.3) is 10.8 Å². The van der Waals surface area contributed by atoms with Crippen LogP contribution in [0.4, 0.5) is 0 Å². The SMILES string of the molecule is COc1ccc(C(=O)N2CCC(C)(CN)C2)c2ccccc12.Cl. The molecule has 0 radical (unpaired) electrons. The fourth-order valence-corrected chi connectivity index (χ4v) is 3.17. The minimum absolute atomic E-state index is 0. The van der Waals surface area contributed by atoms with E-state index >= 15 is 0 Å². The number of halogens is 1. The van der Waals surface area contributed by atoms with Gasteiger partial charge in [0.05, 0.1) is 7.11 Å². The molecule has 0 bridgehead atoms. The summed E-state index contributed by atoms with van der Waals surface area (Å²) >= 11 is 0. The lowest BCUT2D eigenvalue weighted by atomic mass is 9.90. The summed E-state index contributed by atoms with van der Waals surface area (Å²) in [6.45, 7) is 4.25. The van der Waals surface area contributed by atoms with Crippen molar-refractivity contribution in [3.05, 3.63) is 42.0 Å². The van der Waals surface area contributed by atoms with Gasteiger partial charge in [-0.3, -0.25) is 4.79 Å². The van der Waals surface area contributed by atoms with Gasteiger partial charge < -0.3 is 15.4 Å². The zero-order valence-electron chi connectivity index (χ0n) is 13.5. The molecule has 1 aliphatic heterocycles. The summed E-state index contributed by atoms with van der Waals surface area (Å²) in [4.78, 5) is 14.8. The molecule has 124 valence electrons. The van der Waals surface area contributed by atoms with Crippen LogP contribution in [-0.4, -0.2) is 37.6 Å². The summed E-state index contributed by atoms with van der Waals surface area (Å²) in [5.41, 5.74) is 6.62. The molecule has 23 heavy (non-hydrogen) atoms. The van der Waals surface area contributed by atoms with E-state index in [4.69, 9.17) is 10.5 Å². The molecule has 0 spiro atoms. The van der Waals surface area contributed by atoms with E-state index in [0.29, 0.717) is 6.54 Å². The molecular weight excluding hydrogens is 312 g/mol. The maximum absolute atomic E-state index is 12.9. The van der Waals surface area contributed by atoms with Crippen molar-refractivity contribution in [2.45, 2.75) is 13.3 Å². The maximum atomic E-state index is 12.9. The third kappa shape index (κ3) is 3.14. The van der Waals surface area contributed by atoms with Crippen LogP contribution in [0.2, 0.25) is 0 Å². The van der Waals surface area contributed by atoms with Crippen LogP contribution in [0.3, 0.4) is 0 Å². The maximum Gasteiger partial charge on any atom is 0.254 e. The number of amides is 1. The van der Waals surface area contributed by atoms with Crippen LogP contribution in [0.15, 0.2) is 36.4 Å². The third-order valence-corrected chi connectivity index (χ3v) is 4.67. The molecule has 5 heteroatoms. The fourth-order valence-electron chi connectivity index (χ4n) is 3.17. The Morgan fingerprint density at radius 3 is 2.57 bits per heavy atom. The number of carbonyl (C=O) groups is 1. The molecule has 0 aliphatic carbocycles. The van der Waals surface area contributed by atoms with Gasteiger partial charge in [-0.15, -0.1) is 12.4 Å². The Bertz CT molecular complexity index is 719. The zero-order chi connectivity index (χ0) is 15.7. The van der Waals surface area contributed by atoms with Gasteiger partial charge in [-0.05, 0) is 35.9 Å². The predicted molar refractivity (Wildman–Crippen MR) is 95.4 cm³/mol. The summed E-state index contributed by atoms with van der Waals surface area (Å²) in [7, 11) is 1.65. The molecule has 3 rings (SSSR count). The van der Waals surface area contributed by atoms with Crippen LogP contribution < -0.4 is 10.5 Å². The summed E-state index contributed by atoms with van der Waals surface area (Å²) in [5, 5.41) is 1.91. The van der Waals surface area contributed by atoms with Crippen molar-refractivity contribution in [2.24, 2.45) is 11.1 Å². The van der Waals surface area contributed by atoms with Gasteiger partial charge in [0.15, 0.2) is 0 Å². The standard InChI is InChI=1S/C18H22N2O2.ClH/c1-18(11-19)9-10-20(12-18)17(21)15-7-8-16(22-2)14-6-4-3-5-13(14)15;/h3-8H,9-12,19H2,1-2H3;1H. The van der Waals surface area contributed by atoms with Crippen LogP contribution in [-0.2, 0) is 0 Å². The van der Waals surface area contributed by atoms with Crippen LogP contribution in [0, 0.1) is 5.41 Å². The lowest BCUT2D eigenvalue weighted by Crippen LogP contribution is -2.34. The number of benzene rings is 2. The van der Waals surface area contributed by atoms with E-state index in [1.807, 2.05) is 41.3 Å². The number of fused-ring (bicyclic) bond motifs is 1. The highest BCUT2D eigenvalue weighted by Gasteiger charge is 2.35. The van der Waals surface area contributed by atoms with E-state index in [0.717, 1.165) is 41.6 Å². The van der Waals surface area contributed by atoms with Gasteiger partial charge in [-0.1, -0.05) is 31.2 Å². The number of nitrogens with zero attached hydrogens (tertiary/aromatic N) is 1. The zero-order valence-corrected chi connectivity index (χ0v) is 14.4. The first-order valence-electron chi connectivity index (χ1n) is 7.63. The normalized spacial score (nSPS) is 20.4. The number of likely N-dealkylation sites (tertiary alicyclic amines) is 1. The first kappa shape index (κ1) is 17.6. The number of hydrogen-bond donors (Lipinski definition) is 1. The van der Waals surface area contributed by atoms with Crippen molar-refractivity contribution in [1.29, 1.82) is 0 Å². The lowest BCUT2D eigenvalue weighted by Gasteiger charge is -2.23. The van der Waals surface area contributed by atoms with E-state index in [1.54, 1.807) is 7.11 Å². The van der Waals surface area contributed by atoms with Crippen LogP contribution in [0.1, 0.15) is 23.7 Å². The summed E-state index contributed by atoms with van der Waals surface area (Å²) in [5.74, 6) is 0.872. The first-order valence-corrected chi connectivity index (χ1v) is 7.63. The van der Waals surface area contributed by atoms with Gasteiger partial charge in [0, 0.05) is 24.0 Å². The smallest absolute Gasteiger partial charge is 0.254 e.